The fraction of sp³-hybridized carbons (Fsp3) is 0.368. The molecule has 1 aromatic carbocycles. The lowest BCUT2D eigenvalue weighted by molar-refractivity contribution is -0.385. The molecule has 0 saturated heterocycles. The highest BCUT2D eigenvalue weighted by Crippen LogP contribution is 2.49. The second-order valence-corrected chi connectivity index (χ2v) is 7.16. The van der Waals surface area contributed by atoms with E-state index in [4.69, 9.17) is 16.3 Å². The van der Waals surface area contributed by atoms with Gasteiger partial charge < -0.3 is 4.74 Å². The van der Waals surface area contributed by atoms with E-state index in [2.05, 4.69) is 0 Å². The van der Waals surface area contributed by atoms with Crippen molar-refractivity contribution in [3.63, 3.8) is 0 Å². The molecule has 1 heterocycles. The monoisotopic (exact) mass is 373 g/mol. The van der Waals surface area contributed by atoms with E-state index in [-0.39, 0.29) is 22.8 Å². The molecule has 26 heavy (non-hydrogen) atoms. The number of nitro benzene ring substituents is 1. The molecule has 0 saturated carbocycles. The van der Waals surface area contributed by atoms with E-state index < -0.39 is 10.8 Å². The standard InChI is InChI=1S/C19H16ClNO5/c20-10-7-8-12(21(24)25)11(9-10)17-18-13(22)3-1-5-15(18)26-16-6-2-4-14(23)19(16)17/h7-9,17H,1-6H2. The summed E-state index contributed by atoms with van der Waals surface area (Å²) in [5.41, 5.74) is 0.916. The number of hydrogen-bond donors (Lipinski definition) is 0. The number of halogens is 1. The minimum Gasteiger partial charge on any atom is -0.465 e. The first-order chi connectivity index (χ1) is 12.5. The Kier molecular flexibility index (Phi) is 4.15. The van der Waals surface area contributed by atoms with Gasteiger partial charge in [-0.2, -0.15) is 0 Å². The van der Waals surface area contributed by atoms with Crippen molar-refractivity contribution in [3.05, 3.63) is 61.6 Å². The molecule has 1 aliphatic heterocycles. The first-order valence-electron chi connectivity index (χ1n) is 8.61. The van der Waals surface area contributed by atoms with Gasteiger partial charge in [-0.05, 0) is 25.0 Å². The maximum absolute atomic E-state index is 12.7. The van der Waals surface area contributed by atoms with E-state index in [0.717, 1.165) is 0 Å². The van der Waals surface area contributed by atoms with Crippen molar-refractivity contribution in [2.75, 3.05) is 0 Å². The van der Waals surface area contributed by atoms with Crippen LogP contribution in [0.25, 0.3) is 0 Å². The minimum absolute atomic E-state index is 0.115. The van der Waals surface area contributed by atoms with Crippen molar-refractivity contribution in [2.45, 2.75) is 44.4 Å². The van der Waals surface area contributed by atoms with Crippen molar-refractivity contribution >= 4 is 28.9 Å². The predicted octanol–water partition coefficient (Wildman–Crippen LogP) is 4.38. The Hall–Kier alpha value is -2.47. The Morgan fingerprint density at radius 2 is 1.58 bits per heavy atom. The van der Waals surface area contributed by atoms with Crippen LogP contribution in [0.1, 0.15) is 50.0 Å². The van der Waals surface area contributed by atoms with Gasteiger partial charge in [-0.1, -0.05) is 11.6 Å². The van der Waals surface area contributed by atoms with E-state index in [0.29, 0.717) is 66.2 Å². The Labute approximate surface area is 154 Å². The van der Waals surface area contributed by atoms with Crippen LogP contribution in [0.2, 0.25) is 5.02 Å². The summed E-state index contributed by atoms with van der Waals surface area (Å²) in [5.74, 6) is 0.0993. The number of benzene rings is 1. The molecule has 3 aliphatic rings. The number of rotatable bonds is 2. The zero-order valence-electron chi connectivity index (χ0n) is 13.9. The Balaban J connectivity index is 1.99. The topological polar surface area (TPSA) is 86.5 Å². The van der Waals surface area contributed by atoms with Crippen molar-refractivity contribution in [1.82, 2.24) is 0 Å². The van der Waals surface area contributed by atoms with Crippen molar-refractivity contribution in [2.24, 2.45) is 0 Å². The van der Waals surface area contributed by atoms with Gasteiger partial charge in [-0.15, -0.1) is 0 Å². The largest absolute Gasteiger partial charge is 0.465 e. The highest BCUT2D eigenvalue weighted by atomic mass is 35.5. The average molecular weight is 374 g/mol. The fourth-order valence-electron chi connectivity index (χ4n) is 4.05. The minimum atomic E-state index is -0.770. The normalized spacial score (nSPS) is 20.7. The molecule has 0 atom stereocenters. The summed E-state index contributed by atoms with van der Waals surface area (Å²) in [6, 6.07) is 4.27. The molecule has 0 aromatic heterocycles. The zero-order chi connectivity index (χ0) is 18.4. The molecule has 0 amide bonds. The lowest BCUT2D eigenvalue weighted by Gasteiger charge is -2.35. The molecule has 1 aromatic rings. The van der Waals surface area contributed by atoms with Crippen molar-refractivity contribution in [1.29, 1.82) is 0 Å². The molecule has 2 aliphatic carbocycles. The maximum atomic E-state index is 12.7. The van der Waals surface area contributed by atoms with Gasteiger partial charge in [-0.25, -0.2) is 0 Å². The third kappa shape index (κ3) is 2.65. The van der Waals surface area contributed by atoms with Gasteiger partial charge in [0.05, 0.1) is 10.8 Å². The summed E-state index contributed by atoms with van der Waals surface area (Å²) in [4.78, 5) is 36.5. The van der Waals surface area contributed by atoms with E-state index >= 15 is 0 Å². The second-order valence-electron chi connectivity index (χ2n) is 6.72. The fourth-order valence-corrected chi connectivity index (χ4v) is 4.23. The molecular formula is C19H16ClNO5. The average Bonchev–Trinajstić information content (AvgIpc) is 2.60. The summed E-state index contributed by atoms with van der Waals surface area (Å²) in [6.07, 6.45) is 3.25. The smallest absolute Gasteiger partial charge is 0.273 e. The molecule has 0 unspecified atom stereocenters. The number of carbonyl (C=O) groups excluding carboxylic acids is 2. The predicted molar refractivity (Wildman–Crippen MR) is 93.7 cm³/mol. The number of ketones is 2. The van der Waals surface area contributed by atoms with Crippen LogP contribution in [-0.4, -0.2) is 16.5 Å². The van der Waals surface area contributed by atoms with Crippen LogP contribution >= 0.6 is 11.6 Å². The van der Waals surface area contributed by atoms with E-state index in [1.54, 1.807) is 0 Å². The van der Waals surface area contributed by atoms with Crippen molar-refractivity contribution < 1.29 is 19.2 Å². The lowest BCUT2D eigenvalue weighted by atomic mass is 9.73. The molecule has 0 fully saturated rings. The van der Waals surface area contributed by atoms with Gasteiger partial charge in [0.1, 0.15) is 11.5 Å². The van der Waals surface area contributed by atoms with Crippen LogP contribution in [0.3, 0.4) is 0 Å². The van der Waals surface area contributed by atoms with Crippen LogP contribution in [-0.2, 0) is 14.3 Å². The number of carbonyl (C=O) groups is 2. The van der Waals surface area contributed by atoms with Crippen molar-refractivity contribution in [3.8, 4) is 0 Å². The van der Waals surface area contributed by atoms with Gasteiger partial charge >= 0.3 is 0 Å². The number of Topliss-reactive ketones (excluding diaryl/α,β-unsaturated/α-hetero) is 2. The Morgan fingerprint density at radius 1 is 1.00 bits per heavy atom. The molecule has 0 N–H and O–H groups in total. The van der Waals surface area contributed by atoms with Crippen LogP contribution in [0.4, 0.5) is 5.69 Å². The highest BCUT2D eigenvalue weighted by molar-refractivity contribution is 6.30. The molecule has 0 radical (unpaired) electrons. The number of nitro groups is 1. The van der Waals surface area contributed by atoms with Gasteiger partial charge in [0.2, 0.25) is 0 Å². The van der Waals surface area contributed by atoms with Gasteiger partial charge in [0, 0.05) is 53.5 Å². The highest BCUT2D eigenvalue weighted by Gasteiger charge is 2.43. The van der Waals surface area contributed by atoms with E-state index in [1.807, 2.05) is 0 Å². The molecule has 7 heteroatoms. The number of hydrogen-bond acceptors (Lipinski definition) is 5. The molecule has 4 rings (SSSR count). The molecule has 0 bridgehead atoms. The molecular weight excluding hydrogens is 358 g/mol. The van der Waals surface area contributed by atoms with Crippen LogP contribution in [0.5, 0.6) is 0 Å². The van der Waals surface area contributed by atoms with Gasteiger partial charge in [0.25, 0.3) is 5.69 Å². The third-order valence-corrected chi connectivity index (χ3v) is 5.37. The van der Waals surface area contributed by atoms with Crippen LogP contribution in [0.15, 0.2) is 40.9 Å². The quantitative estimate of drug-likeness (QED) is 0.567. The zero-order valence-corrected chi connectivity index (χ0v) is 14.7. The number of nitrogens with zero attached hydrogens (tertiary/aromatic N) is 1. The summed E-state index contributed by atoms with van der Waals surface area (Å²) in [6.45, 7) is 0. The molecule has 0 spiro atoms. The summed E-state index contributed by atoms with van der Waals surface area (Å²) < 4.78 is 5.93. The number of ether oxygens (including phenoxy) is 1. The second kappa shape index (κ2) is 6.36. The van der Waals surface area contributed by atoms with Crippen LogP contribution < -0.4 is 0 Å². The number of allylic oxidation sites excluding steroid dienone is 4. The van der Waals surface area contributed by atoms with E-state index in [9.17, 15) is 19.7 Å². The molecule has 134 valence electrons. The SMILES string of the molecule is O=C1CCCC2=C1C(c1cc(Cl)ccc1[N+](=O)[O-])C1=C(CCCC1=O)O2. The Morgan fingerprint density at radius 3 is 2.12 bits per heavy atom. The first kappa shape index (κ1) is 17.0. The maximum Gasteiger partial charge on any atom is 0.273 e. The van der Waals surface area contributed by atoms with Gasteiger partial charge in [0.15, 0.2) is 11.6 Å². The summed E-state index contributed by atoms with van der Waals surface area (Å²) >= 11 is 6.11. The summed E-state index contributed by atoms with van der Waals surface area (Å²) in [5, 5.41) is 11.9. The third-order valence-electron chi connectivity index (χ3n) is 5.14. The Bertz CT molecular complexity index is 873. The summed E-state index contributed by atoms with van der Waals surface area (Å²) in [7, 11) is 0. The molecule has 6 nitrogen and oxygen atoms in total. The van der Waals surface area contributed by atoms with Crippen LogP contribution in [0, 0.1) is 10.1 Å². The van der Waals surface area contributed by atoms with Gasteiger partial charge in [-0.3, -0.25) is 19.7 Å². The first-order valence-corrected chi connectivity index (χ1v) is 8.99. The lowest BCUT2D eigenvalue weighted by Crippen LogP contribution is -2.30. The van der Waals surface area contributed by atoms with E-state index in [1.165, 1.54) is 18.2 Å².